The first kappa shape index (κ1) is 16.9. The largest absolute Gasteiger partial charge is 0.459 e. The molecule has 0 saturated carbocycles. The van der Waals surface area contributed by atoms with Gasteiger partial charge in [0, 0.05) is 37.3 Å². The number of benzene rings is 2. The number of nitrogens with one attached hydrogen (secondary N) is 2. The molecule has 0 atom stereocenters. The van der Waals surface area contributed by atoms with Gasteiger partial charge in [0.1, 0.15) is 11.3 Å². The lowest BCUT2D eigenvalue weighted by atomic mass is 10.1. The van der Waals surface area contributed by atoms with E-state index in [2.05, 4.69) is 10.6 Å². The average molecular weight is 337 g/mol. The topological polar surface area (TPSA) is 57.5 Å². The summed E-state index contributed by atoms with van der Waals surface area (Å²) in [6.07, 6.45) is 0. The Morgan fingerprint density at radius 3 is 2.36 bits per heavy atom. The first-order chi connectivity index (χ1) is 12.0. The summed E-state index contributed by atoms with van der Waals surface area (Å²) in [5, 5.41) is 6.80. The zero-order valence-electron chi connectivity index (χ0n) is 14.8. The monoisotopic (exact) mass is 337 g/mol. The van der Waals surface area contributed by atoms with E-state index in [-0.39, 0.29) is 6.03 Å². The van der Waals surface area contributed by atoms with Crippen molar-refractivity contribution in [2.75, 3.05) is 19.0 Å². The van der Waals surface area contributed by atoms with Gasteiger partial charge in [-0.15, -0.1) is 0 Å². The highest BCUT2D eigenvalue weighted by Gasteiger charge is 2.10. The van der Waals surface area contributed by atoms with E-state index in [9.17, 15) is 4.79 Å². The summed E-state index contributed by atoms with van der Waals surface area (Å²) < 4.78 is 5.80. The molecule has 0 saturated heterocycles. The number of hydrogen-bond acceptors (Lipinski definition) is 3. The second kappa shape index (κ2) is 7.30. The van der Waals surface area contributed by atoms with Crippen molar-refractivity contribution < 1.29 is 9.21 Å². The van der Waals surface area contributed by atoms with Crippen LogP contribution in [0.4, 0.5) is 10.5 Å². The minimum atomic E-state index is -0.212. The summed E-state index contributed by atoms with van der Waals surface area (Å²) >= 11 is 0. The number of para-hydroxylation sites is 1. The Balaban J connectivity index is 1.53. The van der Waals surface area contributed by atoms with Gasteiger partial charge in [0.15, 0.2) is 0 Å². The van der Waals surface area contributed by atoms with E-state index >= 15 is 0 Å². The lowest BCUT2D eigenvalue weighted by Gasteiger charge is -2.13. The highest BCUT2D eigenvalue weighted by atomic mass is 16.3. The Labute approximate surface area is 147 Å². The predicted octanol–water partition coefficient (Wildman–Crippen LogP) is 3.81. The van der Waals surface area contributed by atoms with Crippen molar-refractivity contribution >= 4 is 22.7 Å². The normalized spacial score (nSPS) is 10.7. The van der Waals surface area contributed by atoms with Crippen molar-refractivity contribution in [2.24, 2.45) is 0 Å². The van der Waals surface area contributed by atoms with Gasteiger partial charge in [0.2, 0.25) is 0 Å². The second-order valence-electron chi connectivity index (χ2n) is 6.24. The third kappa shape index (κ3) is 3.94. The number of hydrogen-bond donors (Lipinski definition) is 2. The van der Waals surface area contributed by atoms with Gasteiger partial charge in [-0.05, 0) is 30.7 Å². The van der Waals surface area contributed by atoms with Crippen molar-refractivity contribution in [1.82, 2.24) is 10.6 Å². The zero-order valence-corrected chi connectivity index (χ0v) is 14.8. The average Bonchev–Trinajstić information content (AvgIpc) is 2.95. The van der Waals surface area contributed by atoms with E-state index in [4.69, 9.17) is 4.42 Å². The van der Waals surface area contributed by atoms with E-state index in [1.807, 2.05) is 74.4 Å². The van der Waals surface area contributed by atoms with Gasteiger partial charge < -0.3 is 20.0 Å². The summed E-state index contributed by atoms with van der Waals surface area (Å²) in [5.74, 6) is 0.784. The standard InChI is InChI=1S/C20H23N3O2/c1-14-17-6-4-5-7-18(17)25-19(14)13-22-20(24)21-12-15-8-10-16(11-9-15)23(2)3/h4-11H,12-13H2,1-3H3,(H2,21,22,24). The highest BCUT2D eigenvalue weighted by molar-refractivity contribution is 5.82. The molecule has 5 heteroatoms. The number of furan rings is 1. The van der Waals surface area contributed by atoms with E-state index < -0.39 is 0 Å². The SMILES string of the molecule is Cc1c(CNC(=O)NCc2ccc(N(C)C)cc2)oc2ccccc12. The number of rotatable bonds is 5. The van der Waals surface area contributed by atoms with Crippen LogP contribution in [0.2, 0.25) is 0 Å². The summed E-state index contributed by atoms with van der Waals surface area (Å²) in [6.45, 7) is 2.86. The molecule has 1 heterocycles. The molecule has 2 N–H and O–H groups in total. The molecule has 25 heavy (non-hydrogen) atoms. The Morgan fingerprint density at radius 2 is 1.68 bits per heavy atom. The van der Waals surface area contributed by atoms with Gasteiger partial charge >= 0.3 is 6.03 Å². The summed E-state index contributed by atoms with van der Waals surface area (Å²) in [7, 11) is 4.00. The van der Waals surface area contributed by atoms with E-state index in [0.717, 1.165) is 33.5 Å². The number of carbonyl (C=O) groups excluding carboxylic acids is 1. The lowest BCUT2D eigenvalue weighted by molar-refractivity contribution is 0.239. The third-order valence-corrected chi connectivity index (χ3v) is 4.26. The predicted molar refractivity (Wildman–Crippen MR) is 101 cm³/mol. The number of urea groups is 1. The fraction of sp³-hybridized carbons (Fsp3) is 0.250. The van der Waals surface area contributed by atoms with Crippen molar-refractivity contribution in [3.05, 3.63) is 65.4 Å². The quantitative estimate of drug-likeness (QED) is 0.744. The van der Waals surface area contributed by atoms with Gasteiger partial charge in [-0.3, -0.25) is 0 Å². The molecule has 1 aromatic heterocycles. The summed E-state index contributed by atoms with van der Waals surface area (Å²) in [4.78, 5) is 14.1. The fourth-order valence-corrected chi connectivity index (χ4v) is 2.71. The fourth-order valence-electron chi connectivity index (χ4n) is 2.71. The Hall–Kier alpha value is -2.95. The molecule has 0 aliphatic heterocycles. The molecular weight excluding hydrogens is 314 g/mol. The van der Waals surface area contributed by atoms with Crippen molar-refractivity contribution in [3.8, 4) is 0 Å². The van der Waals surface area contributed by atoms with Gasteiger partial charge in [-0.25, -0.2) is 4.79 Å². The Bertz CT molecular complexity index is 866. The van der Waals surface area contributed by atoms with Crippen LogP contribution in [0.15, 0.2) is 52.9 Å². The number of carbonyl (C=O) groups is 1. The maximum atomic E-state index is 12.0. The molecule has 0 radical (unpaired) electrons. The van der Waals surface area contributed by atoms with Crippen LogP contribution in [-0.2, 0) is 13.1 Å². The molecule has 130 valence electrons. The molecule has 0 unspecified atom stereocenters. The molecular formula is C20H23N3O2. The van der Waals surface area contributed by atoms with Crippen LogP contribution in [0.3, 0.4) is 0 Å². The first-order valence-corrected chi connectivity index (χ1v) is 8.29. The van der Waals surface area contributed by atoms with E-state index in [1.165, 1.54) is 0 Å². The van der Waals surface area contributed by atoms with Gasteiger partial charge in [0.25, 0.3) is 0 Å². The first-order valence-electron chi connectivity index (χ1n) is 8.29. The van der Waals surface area contributed by atoms with Crippen LogP contribution < -0.4 is 15.5 Å². The molecule has 0 bridgehead atoms. The highest BCUT2D eigenvalue weighted by Crippen LogP contribution is 2.24. The van der Waals surface area contributed by atoms with Crippen LogP contribution in [0.1, 0.15) is 16.9 Å². The van der Waals surface area contributed by atoms with Crippen LogP contribution in [0.5, 0.6) is 0 Å². The molecule has 0 fully saturated rings. The second-order valence-corrected chi connectivity index (χ2v) is 6.24. The zero-order chi connectivity index (χ0) is 17.8. The number of anilines is 1. The van der Waals surface area contributed by atoms with Crippen LogP contribution in [0, 0.1) is 6.92 Å². The van der Waals surface area contributed by atoms with Crippen molar-refractivity contribution in [3.63, 3.8) is 0 Å². The van der Waals surface area contributed by atoms with Gasteiger partial charge in [-0.1, -0.05) is 30.3 Å². The smallest absolute Gasteiger partial charge is 0.315 e. The summed E-state index contributed by atoms with van der Waals surface area (Å²) in [6, 6.07) is 15.8. The maximum absolute atomic E-state index is 12.0. The maximum Gasteiger partial charge on any atom is 0.315 e. The Morgan fingerprint density at radius 1 is 1.00 bits per heavy atom. The molecule has 3 aromatic rings. The molecule has 5 nitrogen and oxygen atoms in total. The molecule has 0 aliphatic carbocycles. The van der Waals surface area contributed by atoms with Crippen LogP contribution in [-0.4, -0.2) is 20.1 Å². The van der Waals surface area contributed by atoms with Gasteiger partial charge in [0.05, 0.1) is 6.54 Å². The van der Waals surface area contributed by atoms with Crippen molar-refractivity contribution in [2.45, 2.75) is 20.0 Å². The molecule has 0 aliphatic rings. The van der Waals surface area contributed by atoms with Crippen molar-refractivity contribution in [1.29, 1.82) is 0 Å². The molecule has 2 amide bonds. The minimum Gasteiger partial charge on any atom is -0.459 e. The van der Waals surface area contributed by atoms with Gasteiger partial charge in [-0.2, -0.15) is 0 Å². The molecule has 3 rings (SSSR count). The molecule has 2 aromatic carbocycles. The Kier molecular flexibility index (Phi) is 4.93. The number of amides is 2. The molecule has 0 spiro atoms. The lowest BCUT2D eigenvalue weighted by Crippen LogP contribution is -2.34. The number of nitrogens with zero attached hydrogens (tertiary/aromatic N) is 1. The van der Waals surface area contributed by atoms with E-state index in [0.29, 0.717) is 13.1 Å². The number of aryl methyl sites for hydroxylation is 1. The summed E-state index contributed by atoms with van der Waals surface area (Å²) in [5.41, 5.74) is 4.10. The minimum absolute atomic E-state index is 0.212. The van der Waals surface area contributed by atoms with E-state index in [1.54, 1.807) is 0 Å². The van der Waals surface area contributed by atoms with Crippen LogP contribution >= 0.6 is 0 Å². The number of fused-ring (bicyclic) bond motifs is 1. The third-order valence-electron chi connectivity index (χ3n) is 4.26. The van der Waals surface area contributed by atoms with Crippen LogP contribution in [0.25, 0.3) is 11.0 Å².